The van der Waals surface area contributed by atoms with Crippen LogP contribution in [-0.2, 0) is 11.3 Å². The molecule has 2 N–H and O–H groups in total. The van der Waals surface area contributed by atoms with Crippen molar-refractivity contribution in [2.24, 2.45) is 0 Å². The van der Waals surface area contributed by atoms with Crippen LogP contribution in [0.15, 0.2) is 47.8 Å². The first kappa shape index (κ1) is 19.8. The number of hydrogen-bond donors (Lipinski definition) is 2. The Labute approximate surface area is 164 Å². The molecular weight excluding hydrogens is 358 g/mol. The monoisotopic (exact) mass is 385 g/mol. The van der Waals surface area contributed by atoms with Crippen LogP contribution < -0.4 is 5.32 Å². The van der Waals surface area contributed by atoms with Gasteiger partial charge >= 0.3 is 0 Å². The van der Waals surface area contributed by atoms with Crippen LogP contribution in [0, 0.1) is 13.8 Å². The van der Waals surface area contributed by atoms with Crippen LogP contribution in [0.3, 0.4) is 0 Å². The van der Waals surface area contributed by atoms with Crippen LogP contribution in [0.25, 0.3) is 5.69 Å². The molecular formula is C21H27N3O2S. The lowest BCUT2D eigenvalue weighted by atomic mass is 10.1. The van der Waals surface area contributed by atoms with Gasteiger partial charge in [0.25, 0.3) is 0 Å². The average Bonchev–Trinajstić information content (AvgIpc) is 3.29. The van der Waals surface area contributed by atoms with Crippen molar-refractivity contribution in [2.75, 3.05) is 13.2 Å². The van der Waals surface area contributed by atoms with Crippen LogP contribution in [0.4, 0.5) is 0 Å². The lowest BCUT2D eigenvalue weighted by Crippen LogP contribution is -2.32. The van der Waals surface area contributed by atoms with E-state index in [1.165, 1.54) is 10.4 Å². The summed E-state index contributed by atoms with van der Waals surface area (Å²) in [5, 5.41) is 20.0. The molecule has 0 saturated carbocycles. The number of aromatic nitrogens is 2. The number of thiophene rings is 1. The summed E-state index contributed by atoms with van der Waals surface area (Å²) in [4.78, 5) is 1.17. The quantitative estimate of drug-likeness (QED) is 0.589. The van der Waals surface area contributed by atoms with E-state index in [0.29, 0.717) is 19.8 Å². The molecule has 27 heavy (non-hydrogen) atoms. The summed E-state index contributed by atoms with van der Waals surface area (Å²) in [7, 11) is 0. The summed E-state index contributed by atoms with van der Waals surface area (Å²) in [6, 6.07) is 14.6. The minimum Gasteiger partial charge on any atom is -0.389 e. The van der Waals surface area contributed by atoms with E-state index in [0.717, 1.165) is 17.1 Å². The molecule has 2 unspecified atom stereocenters. The maximum atomic E-state index is 10.1. The number of nitrogens with zero attached hydrogens (tertiary/aromatic N) is 2. The maximum Gasteiger partial charge on any atom is 0.0898 e. The molecule has 0 aliphatic heterocycles. The van der Waals surface area contributed by atoms with Crippen molar-refractivity contribution in [3.8, 4) is 5.69 Å². The number of benzene rings is 1. The molecule has 2 atom stereocenters. The summed E-state index contributed by atoms with van der Waals surface area (Å²) in [6.45, 7) is 7.52. The van der Waals surface area contributed by atoms with Gasteiger partial charge in [0.1, 0.15) is 0 Å². The van der Waals surface area contributed by atoms with Crippen molar-refractivity contribution in [3.63, 3.8) is 0 Å². The highest BCUT2D eigenvalue weighted by atomic mass is 32.1. The molecule has 0 saturated heterocycles. The van der Waals surface area contributed by atoms with Crippen LogP contribution in [0.2, 0.25) is 0 Å². The molecule has 144 valence electrons. The van der Waals surface area contributed by atoms with Gasteiger partial charge in [-0.1, -0.05) is 18.2 Å². The molecule has 0 radical (unpaired) electrons. The van der Waals surface area contributed by atoms with E-state index in [1.54, 1.807) is 11.3 Å². The Morgan fingerprint density at radius 2 is 2.00 bits per heavy atom. The van der Waals surface area contributed by atoms with Gasteiger partial charge < -0.3 is 15.2 Å². The van der Waals surface area contributed by atoms with Gasteiger partial charge in [0, 0.05) is 23.2 Å². The highest BCUT2D eigenvalue weighted by molar-refractivity contribution is 7.09. The van der Waals surface area contributed by atoms with Crippen LogP contribution in [0.1, 0.15) is 34.8 Å². The van der Waals surface area contributed by atoms with E-state index < -0.39 is 6.10 Å². The average molecular weight is 386 g/mol. The van der Waals surface area contributed by atoms with Crippen molar-refractivity contribution in [1.82, 2.24) is 15.1 Å². The Bertz CT molecular complexity index is 828. The third-order valence-electron chi connectivity index (χ3n) is 4.44. The Balaban J connectivity index is 1.46. The second kappa shape index (κ2) is 9.28. The predicted molar refractivity (Wildman–Crippen MR) is 109 cm³/mol. The topological polar surface area (TPSA) is 59.3 Å². The highest BCUT2D eigenvalue weighted by Crippen LogP contribution is 2.17. The zero-order valence-electron chi connectivity index (χ0n) is 16.1. The standard InChI is InChI=1S/C21H27N3O2S/c1-15-11-16(2)24(23-15)19-8-6-18(7-9-19)17(3)22-12-20(25)13-26-14-21-5-4-10-27-21/h4-11,17,20,22,25H,12-14H2,1-3H3. The van der Waals surface area contributed by atoms with Gasteiger partial charge in [-0.25, -0.2) is 4.68 Å². The van der Waals surface area contributed by atoms with Gasteiger partial charge in [0.05, 0.1) is 30.7 Å². The SMILES string of the molecule is Cc1cc(C)n(-c2ccc(C(C)NCC(O)COCc3cccs3)cc2)n1. The molecule has 5 nitrogen and oxygen atoms in total. The van der Waals surface area contributed by atoms with Gasteiger partial charge in [-0.15, -0.1) is 11.3 Å². The van der Waals surface area contributed by atoms with Gasteiger partial charge in [0.2, 0.25) is 0 Å². The number of aliphatic hydroxyl groups is 1. The normalized spacial score (nSPS) is 13.6. The second-order valence-electron chi connectivity index (χ2n) is 6.81. The number of aryl methyl sites for hydroxylation is 2. The molecule has 0 spiro atoms. The van der Waals surface area contributed by atoms with Crippen LogP contribution >= 0.6 is 11.3 Å². The molecule has 2 aromatic heterocycles. The Morgan fingerprint density at radius 3 is 2.63 bits per heavy atom. The molecule has 0 fully saturated rings. The summed E-state index contributed by atoms with van der Waals surface area (Å²) >= 11 is 1.66. The van der Waals surface area contributed by atoms with Gasteiger partial charge in [-0.05, 0) is 56.0 Å². The summed E-state index contributed by atoms with van der Waals surface area (Å²) < 4.78 is 7.52. The van der Waals surface area contributed by atoms with Crippen molar-refractivity contribution in [3.05, 3.63) is 69.7 Å². The van der Waals surface area contributed by atoms with Gasteiger partial charge in [-0.3, -0.25) is 0 Å². The fraction of sp³-hybridized carbons (Fsp3) is 0.381. The number of ether oxygens (including phenoxy) is 1. The molecule has 1 aromatic carbocycles. The van der Waals surface area contributed by atoms with E-state index in [9.17, 15) is 5.11 Å². The first-order chi connectivity index (χ1) is 13.0. The van der Waals surface area contributed by atoms with Crippen molar-refractivity contribution >= 4 is 11.3 Å². The first-order valence-corrected chi connectivity index (χ1v) is 10.1. The van der Waals surface area contributed by atoms with Gasteiger partial charge in [0.15, 0.2) is 0 Å². The largest absolute Gasteiger partial charge is 0.389 e. The summed E-state index contributed by atoms with van der Waals surface area (Å²) in [5.41, 5.74) is 4.37. The fourth-order valence-corrected chi connectivity index (χ4v) is 3.61. The number of hydrogen-bond acceptors (Lipinski definition) is 5. The number of aliphatic hydroxyl groups excluding tert-OH is 1. The number of nitrogens with one attached hydrogen (secondary N) is 1. The first-order valence-electron chi connectivity index (χ1n) is 9.18. The lowest BCUT2D eigenvalue weighted by Gasteiger charge is -2.18. The lowest BCUT2D eigenvalue weighted by molar-refractivity contribution is 0.0288. The van der Waals surface area contributed by atoms with Gasteiger partial charge in [-0.2, -0.15) is 5.10 Å². The molecule has 0 aliphatic carbocycles. The molecule has 0 bridgehead atoms. The van der Waals surface area contributed by atoms with E-state index >= 15 is 0 Å². The number of rotatable bonds is 9. The second-order valence-corrected chi connectivity index (χ2v) is 7.84. The molecule has 2 heterocycles. The minimum absolute atomic E-state index is 0.145. The minimum atomic E-state index is -0.526. The molecule has 3 rings (SSSR count). The van der Waals surface area contributed by atoms with E-state index in [2.05, 4.69) is 54.6 Å². The molecule has 3 aromatic rings. The third-order valence-corrected chi connectivity index (χ3v) is 5.29. The van der Waals surface area contributed by atoms with Crippen molar-refractivity contribution in [2.45, 2.75) is 39.5 Å². The summed E-state index contributed by atoms with van der Waals surface area (Å²) in [6.07, 6.45) is -0.526. The highest BCUT2D eigenvalue weighted by Gasteiger charge is 2.10. The van der Waals surface area contributed by atoms with Crippen molar-refractivity contribution in [1.29, 1.82) is 0 Å². The fourth-order valence-electron chi connectivity index (χ4n) is 2.97. The van der Waals surface area contributed by atoms with E-state index in [4.69, 9.17) is 4.74 Å². The molecule has 0 aliphatic rings. The Morgan fingerprint density at radius 1 is 1.22 bits per heavy atom. The van der Waals surface area contributed by atoms with E-state index in [-0.39, 0.29) is 6.04 Å². The third kappa shape index (κ3) is 5.49. The molecule has 0 amide bonds. The Hall–Kier alpha value is -1.99. The zero-order chi connectivity index (χ0) is 19.2. The van der Waals surface area contributed by atoms with Crippen LogP contribution in [0.5, 0.6) is 0 Å². The summed E-state index contributed by atoms with van der Waals surface area (Å²) in [5.74, 6) is 0. The zero-order valence-corrected chi connectivity index (χ0v) is 16.9. The predicted octanol–water partition coefficient (Wildman–Crippen LogP) is 3.78. The molecule has 6 heteroatoms. The van der Waals surface area contributed by atoms with Crippen LogP contribution in [-0.4, -0.2) is 34.1 Å². The smallest absolute Gasteiger partial charge is 0.0898 e. The Kier molecular flexibility index (Phi) is 6.79. The van der Waals surface area contributed by atoms with E-state index in [1.807, 2.05) is 29.1 Å². The maximum absolute atomic E-state index is 10.1. The van der Waals surface area contributed by atoms with Crippen molar-refractivity contribution < 1.29 is 9.84 Å².